The second kappa shape index (κ2) is 3.52. The number of hydrogen-bond donors (Lipinski definition) is 0. The van der Waals surface area contributed by atoms with E-state index in [2.05, 4.69) is 36.4 Å². The molecule has 0 saturated heterocycles. The Hall–Kier alpha value is -0.120. The first-order valence-electron chi connectivity index (χ1n) is 3.56. The summed E-state index contributed by atoms with van der Waals surface area (Å²) in [6.45, 7) is 4.21. The van der Waals surface area contributed by atoms with Crippen molar-refractivity contribution in [2.24, 2.45) is 0 Å². The molecule has 0 N–H and O–H groups in total. The van der Waals surface area contributed by atoms with Crippen LogP contribution >= 0.6 is 22.6 Å². The lowest BCUT2D eigenvalue weighted by molar-refractivity contribution is 0.625. The predicted octanol–water partition coefficient (Wildman–Crippen LogP) is 3.55. The molecule has 0 aromatic heterocycles. The minimum atomic E-state index is -0.154. The van der Waals surface area contributed by atoms with E-state index in [0.29, 0.717) is 5.92 Å². The van der Waals surface area contributed by atoms with Crippen molar-refractivity contribution in [2.45, 2.75) is 19.8 Å². The van der Waals surface area contributed by atoms with E-state index in [9.17, 15) is 4.39 Å². The maximum atomic E-state index is 12.6. The summed E-state index contributed by atoms with van der Waals surface area (Å²) in [5.41, 5.74) is 1.21. The highest BCUT2D eigenvalue weighted by molar-refractivity contribution is 14.1. The third kappa shape index (κ3) is 2.15. The predicted molar refractivity (Wildman–Crippen MR) is 53.2 cm³/mol. The van der Waals surface area contributed by atoms with Crippen LogP contribution in [0.4, 0.5) is 4.39 Å². The molecule has 1 aromatic rings. The minimum absolute atomic E-state index is 0.154. The van der Waals surface area contributed by atoms with Gasteiger partial charge in [-0.3, -0.25) is 0 Å². The molecule has 0 aliphatic heterocycles. The van der Waals surface area contributed by atoms with Crippen LogP contribution in [-0.2, 0) is 0 Å². The highest BCUT2D eigenvalue weighted by Crippen LogP contribution is 2.21. The zero-order chi connectivity index (χ0) is 8.43. The summed E-state index contributed by atoms with van der Waals surface area (Å²) >= 11 is 2.16. The fourth-order valence-electron chi connectivity index (χ4n) is 0.970. The molecule has 60 valence electrons. The summed E-state index contributed by atoms with van der Waals surface area (Å²) in [6, 6.07) is 4.93. The van der Waals surface area contributed by atoms with Crippen molar-refractivity contribution in [1.29, 1.82) is 0 Å². The number of benzene rings is 1. The molecule has 0 aliphatic carbocycles. The first-order chi connectivity index (χ1) is 5.11. The van der Waals surface area contributed by atoms with Gasteiger partial charge in [0.1, 0.15) is 5.82 Å². The van der Waals surface area contributed by atoms with Crippen LogP contribution in [0, 0.1) is 9.39 Å². The third-order valence-corrected chi connectivity index (χ3v) is 2.52. The van der Waals surface area contributed by atoms with Gasteiger partial charge in [0.2, 0.25) is 0 Å². The Morgan fingerprint density at radius 1 is 1.36 bits per heavy atom. The van der Waals surface area contributed by atoms with E-state index >= 15 is 0 Å². The molecule has 0 nitrogen and oxygen atoms in total. The van der Waals surface area contributed by atoms with E-state index in [1.165, 1.54) is 11.6 Å². The summed E-state index contributed by atoms with van der Waals surface area (Å²) in [5.74, 6) is 0.321. The van der Waals surface area contributed by atoms with Crippen molar-refractivity contribution in [3.8, 4) is 0 Å². The van der Waals surface area contributed by atoms with Crippen molar-refractivity contribution in [1.82, 2.24) is 0 Å². The minimum Gasteiger partial charge on any atom is -0.207 e. The molecule has 0 heterocycles. The van der Waals surface area contributed by atoms with Crippen LogP contribution in [0.15, 0.2) is 18.2 Å². The molecule has 11 heavy (non-hydrogen) atoms. The molecular weight excluding hydrogens is 254 g/mol. The average Bonchev–Trinajstić information content (AvgIpc) is 1.85. The summed E-state index contributed by atoms with van der Waals surface area (Å²) in [5, 5.41) is 0. The van der Waals surface area contributed by atoms with Gasteiger partial charge in [0, 0.05) is 3.57 Å². The van der Waals surface area contributed by atoms with Gasteiger partial charge in [0.05, 0.1) is 0 Å². The lowest BCUT2D eigenvalue weighted by Gasteiger charge is -2.06. The van der Waals surface area contributed by atoms with E-state index in [4.69, 9.17) is 0 Å². The van der Waals surface area contributed by atoms with Gasteiger partial charge in [0.25, 0.3) is 0 Å². The fraction of sp³-hybridized carbons (Fsp3) is 0.333. The van der Waals surface area contributed by atoms with Crippen LogP contribution in [0.1, 0.15) is 25.3 Å². The largest absolute Gasteiger partial charge is 0.207 e. The van der Waals surface area contributed by atoms with Crippen molar-refractivity contribution >= 4 is 22.6 Å². The van der Waals surface area contributed by atoms with Crippen LogP contribution in [0.5, 0.6) is 0 Å². The molecule has 0 unspecified atom stereocenters. The highest BCUT2D eigenvalue weighted by atomic mass is 127. The van der Waals surface area contributed by atoms with E-state index < -0.39 is 0 Å². The molecule has 0 bridgehead atoms. The van der Waals surface area contributed by atoms with Gasteiger partial charge in [0.15, 0.2) is 0 Å². The van der Waals surface area contributed by atoms with Gasteiger partial charge < -0.3 is 0 Å². The van der Waals surface area contributed by atoms with Crippen LogP contribution in [0.25, 0.3) is 0 Å². The summed E-state index contributed by atoms with van der Waals surface area (Å²) in [6.07, 6.45) is 0. The van der Waals surface area contributed by atoms with Gasteiger partial charge in [-0.05, 0) is 46.2 Å². The van der Waals surface area contributed by atoms with E-state index in [1.807, 2.05) is 6.07 Å². The van der Waals surface area contributed by atoms with Gasteiger partial charge in [-0.1, -0.05) is 19.9 Å². The third-order valence-electron chi connectivity index (χ3n) is 1.58. The summed E-state index contributed by atoms with van der Waals surface area (Å²) < 4.78 is 13.6. The van der Waals surface area contributed by atoms with Gasteiger partial charge in [-0.25, -0.2) is 4.39 Å². The first kappa shape index (κ1) is 8.97. The van der Waals surface area contributed by atoms with Crippen LogP contribution in [0.3, 0.4) is 0 Å². The van der Waals surface area contributed by atoms with Crippen molar-refractivity contribution in [3.05, 3.63) is 33.1 Å². The Morgan fingerprint density at radius 2 is 2.00 bits per heavy atom. The lowest BCUT2D eigenvalue weighted by atomic mass is 10.0. The van der Waals surface area contributed by atoms with E-state index in [-0.39, 0.29) is 5.82 Å². The monoisotopic (exact) mass is 264 g/mol. The molecule has 1 rings (SSSR count). The smallest absolute Gasteiger partial charge is 0.124 e. The molecule has 0 radical (unpaired) electrons. The second-order valence-corrected chi connectivity index (χ2v) is 3.98. The molecule has 1 aromatic carbocycles. The standard InChI is InChI=1S/C9H10FI/c1-6(2)8-4-3-7(10)5-9(8)11/h3-6H,1-2H3. The zero-order valence-electron chi connectivity index (χ0n) is 6.57. The van der Waals surface area contributed by atoms with Gasteiger partial charge in [-0.15, -0.1) is 0 Å². The molecule has 0 atom stereocenters. The van der Waals surface area contributed by atoms with Gasteiger partial charge >= 0.3 is 0 Å². The molecule has 0 saturated carbocycles. The van der Waals surface area contributed by atoms with E-state index in [0.717, 1.165) is 3.57 Å². The quantitative estimate of drug-likeness (QED) is 0.680. The molecule has 2 heteroatoms. The topological polar surface area (TPSA) is 0 Å². The zero-order valence-corrected chi connectivity index (χ0v) is 8.72. The van der Waals surface area contributed by atoms with Gasteiger partial charge in [-0.2, -0.15) is 0 Å². The number of halogens is 2. The molecule has 0 fully saturated rings. The Labute approximate surface area is 80.0 Å². The average molecular weight is 264 g/mol. The summed E-state index contributed by atoms with van der Waals surface area (Å²) in [4.78, 5) is 0. The van der Waals surface area contributed by atoms with Crippen LogP contribution < -0.4 is 0 Å². The molecule has 0 amide bonds. The van der Waals surface area contributed by atoms with Crippen molar-refractivity contribution in [3.63, 3.8) is 0 Å². The first-order valence-corrected chi connectivity index (χ1v) is 4.64. The fourth-order valence-corrected chi connectivity index (χ4v) is 2.07. The number of rotatable bonds is 1. The maximum absolute atomic E-state index is 12.6. The van der Waals surface area contributed by atoms with Crippen LogP contribution in [-0.4, -0.2) is 0 Å². The molecule has 0 aliphatic rings. The van der Waals surface area contributed by atoms with Crippen molar-refractivity contribution in [2.75, 3.05) is 0 Å². The van der Waals surface area contributed by atoms with E-state index in [1.54, 1.807) is 6.07 Å². The van der Waals surface area contributed by atoms with Crippen LogP contribution in [0.2, 0.25) is 0 Å². The normalized spacial score (nSPS) is 10.6. The summed E-state index contributed by atoms with van der Waals surface area (Å²) in [7, 11) is 0. The molecular formula is C9H10FI. The Bertz CT molecular complexity index is 256. The second-order valence-electron chi connectivity index (χ2n) is 2.82. The lowest BCUT2D eigenvalue weighted by Crippen LogP contribution is -1.91. The maximum Gasteiger partial charge on any atom is 0.124 e. The molecule has 0 spiro atoms. The highest BCUT2D eigenvalue weighted by Gasteiger charge is 2.04. The Morgan fingerprint density at radius 3 is 2.45 bits per heavy atom. The number of hydrogen-bond acceptors (Lipinski definition) is 0. The Balaban J connectivity index is 3.09. The van der Waals surface area contributed by atoms with Crippen molar-refractivity contribution < 1.29 is 4.39 Å². The Kier molecular flexibility index (Phi) is 2.87. The SMILES string of the molecule is CC(C)c1ccc(F)cc1I.